The quantitative estimate of drug-likeness (QED) is 0.758. The summed E-state index contributed by atoms with van der Waals surface area (Å²) in [6, 6.07) is 17.6. The van der Waals surface area contributed by atoms with Gasteiger partial charge < -0.3 is 10.6 Å². The van der Waals surface area contributed by atoms with Crippen LogP contribution in [0.2, 0.25) is 0 Å². The van der Waals surface area contributed by atoms with E-state index in [1.165, 1.54) is 15.8 Å². The molecule has 5 rings (SSSR count). The molecule has 27 heavy (non-hydrogen) atoms. The first kappa shape index (κ1) is 16.7. The molecule has 2 aliphatic rings. The van der Waals surface area contributed by atoms with Gasteiger partial charge in [0.1, 0.15) is 0 Å². The van der Waals surface area contributed by atoms with Crippen molar-refractivity contribution in [3.05, 3.63) is 64.7 Å². The van der Waals surface area contributed by atoms with Crippen LogP contribution in [0.1, 0.15) is 22.6 Å². The van der Waals surface area contributed by atoms with E-state index in [0.29, 0.717) is 12.1 Å². The van der Waals surface area contributed by atoms with Crippen LogP contribution in [-0.2, 0) is 13.0 Å². The number of para-hydroxylation sites is 1. The highest BCUT2D eigenvalue weighted by atomic mass is 32.1. The van der Waals surface area contributed by atoms with Crippen molar-refractivity contribution >= 4 is 27.6 Å². The van der Waals surface area contributed by atoms with Crippen molar-refractivity contribution in [2.24, 2.45) is 5.73 Å². The maximum Gasteiger partial charge on any atom is 0.315 e. The second kappa shape index (κ2) is 6.62. The SMILES string of the molecule is NC(=O)N1CC2C[C@H]1CN2Cc1ccc(Cc2nc3ccccc3s2)cc1. The predicted molar refractivity (Wildman–Crippen MR) is 108 cm³/mol. The second-order valence-corrected chi connectivity index (χ2v) is 8.65. The highest BCUT2D eigenvalue weighted by molar-refractivity contribution is 7.18. The topological polar surface area (TPSA) is 62.5 Å². The molecule has 0 aliphatic carbocycles. The van der Waals surface area contributed by atoms with E-state index >= 15 is 0 Å². The van der Waals surface area contributed by atoms with Crippen LogP contribution in [0.15, 0.2) is 48.5 Å². The third kappa shape index (κ3) is 3.19. The van der Waals surface area contributed by atoms with Crippen LogP contribution in [0.25, 0.3) is 10.2 Å². The molecule has 2 atom stereocenters. The lowest BCUT2D eigenvalue weighted by Crippen LogP contribution is -2.50. The summed E-state index contributed by atoms with van der Waals surface area (Å²) >= 11 is 1.77. The minimum absolute atomic E-state index is 0.277. The van der Waals surface area contributed by atoms with Gasteiger partial charge in [-0.25, -0.2) is 9.78 Å². The van der Waals surface area contributed by atoms with E-state index in [-0.39, 0.29) is 6.03 Å². The molecule has 0 spiro atoms. The molecule has 2 bridgehead atoms. The number of nitrogens with zero attached hydrogens (tertiary/aromatic N) is 3. The van der Waals surface area contributed by atoms with Crippen LogP contribution in [0.3, 0.4) is 0 Å². The van der Waals surface area contributed by atoms with Crippen molar-refractivity contribution in [1.82, 2.24) is 14.8 Å². The average molecular weight is 379 g/mol. The largest absolute Gasteiger partial charge is 0.351 e. The summed E-state index contributed by atoms with van der Waals surface area (Å²) in [4.78, 5) is 20.5. The van der Waals surface area contributed by atoms with E-state index in [9.17, 15) is 4.79 Å². The molecular weight excluding hydrogens is 356 g/mol. The minimum atomic E-state index is -0.277. The number of carbonyl (C=O) groups is 1. The maximum absolute atomic E-state index is 11.4. The lowest BCUT2D eigenvalue weighted by atomic mass is 10.1. The number of fused-ring (bicyclic) bond motifs is 3. The number of thiazole rings is 1. The Kier molecular flexibility index (Phi) is 4.10. The van der Waals surface area contributed by atoms with Gasteiger partial charge in [-0.1, -0.05) is 36.4 Å². The number of carbonyl (C=O) groups excluding carboxylic acids is 1. The molecule has 2 aromatic carbocycles. The summed E-state index contributed by atoms with van der Waals surface area (Å²) < 4.78 is 1.25. The Labute approximate surface area is 162 Å². The summed E-state index contributed by atoms with van der Waals surface area (Å²) in [5.41, 5.74) is 9.15. The normalized spacial score (nSPS) is 22.0. The van der Waals surface area contributed by atoms with Crippen LogP contribution < -0.4 is 5.73 Å². The fourth-order valence-corrected chi connectivity index (χ4v) is 5.38. The molecular formula is C21H22N4OS. The Morgan fingerprint density at radius 2 is 1.85 bits per heavy atom. The maximum atomic E-state index is 11.4. The standard InChI is InChI=1S/C21H22N4OS/c22-21(26)25-13-16-10-17(25)12-24(16)11-15-7-5-14(6-8-15)9-20-23-18-3-1-2-4-19(18)27-20/h1-8,16-17H,9-13H2,(H2,22,26)/t16?,17-/m0/s1. The van der Waals surface area contributed by atoms with E-state index in [4.69, 9.17) is 10.7 Å². The smallest absolute Gasteiger partial charge is 0.315 e. The van der Waals surface area contributed by atoms with Crippen LogP contribution in [0.5, 0.6) is 0 Å². The number of amides is 2. The van der Waals surface area contributed by atoms with Crippen molar-refractivity contribution in [2.75, 3.05) is 13.1 Å². The van der Waals surface area contributed by atoms with E-state index in [2.05, 4.69) is 47.4 Å². The van der Waals surface area contributed by atoms with E-state index in [1.807, 2.05) is 11.0 Å². The first-order valence-corrected chi connectivity index (χ1v) is 10.2. The summed E-state index contributed by atoms with van der Waals surface area (Å²) in [5, 5.41) is 1.16. The highest BCUT2D eigenvalue weighted by Gasteiger charge is 2.44. The number of hydrogen-bond donors (Lipinski definition) is 1. The zero-order valence-corrected chi connectivity index (χ0v) is 15.9. The molecule has 138 valence electrons. The summed E-state index contributed by atoms with van der Waals surface area (Å²) in [6.07, 6.45) is 1.93. The Morgan fingerprint density at radius 1 is 1.07 bits per heavy atom. The third-order valence-electron chi connectivity index (χ3n) is 5.74. The van der Waals surface area contributed by atoms with Gasteiger partial charge in [0.25, 0.3) is 0 Å². The molecule has 2 aliphatic heterocycles. The van der Waals surface area contributed by atoms with E-state index < -0.39 is 0 Å². The summed E-state index contributed by atoms with van der Waals surface area (Å²) in [7, 11) is 0. The molecule has 1 aromatic heterocycles. The van der Waals surface area contributed by atoms with Gasteiger partial charge in [0.2, 0.25) is 0 Å². The summed E-state index contributed by atoms with van der Waals surface area (Å²) in [6.45, 7) is 2.64. The van der Waals surface area contributed by atoms with Gasteiger partial charge in [-0.2, -0.15) is 0 Å². The molecule has 2 saturated heterocycles. The van der Waals surface area contributed by atoms with Crippen molar-refractivity contribution < 1.29 is 4.79 Å². The van der Waals surface area contributed by atoms with Crippen LogP contribution in [0, 0.1) is 0 Å². The molecule has 3 heterocycles. The van der Waals surface area contributed by atoms with Crippen molar-refractivity contribution in [2.45, 2.75) is 31.5 Å². The predicted octanol–water partition coefficient (Wildman–Crippen LogP) is 3.22. The molecule has 5 nitrogen and oxygen atoms in total. The number of rotatable bonds is 4. The van der Waals surface area contributed by atoms with Gasteiger partial charge in [0.15, 0.2) is 0 Å². The molecule has 2 amide bonds. The van der Waals surface area contributed by atoms with Crippen molar-refractivity contribution in [3.63, 3.8) is 0 Å². The Morgan fingerprint density at radius 3 is 2.56 bits per heavy atom. The Bertz CT molecular complexity index is 950. The van der Waals surface area contributed by atoms with Gasteiger partial charge in [-0.05, 0) is 29.7 Å². The van der Waals surface area contributed by atoms with Gasteiger partial charge in [-0.3, -0.25) is 4.90 Å². The summed E-state index contributed by atoms with van der Waals surface area (Å²) in [5.74, 6) is 0. The van der Waals surface area contributed by atoms with Gasteiger partial charge >= 0.3 is 6.03 Å². The van der Waals surface area contributed by atoms with E-state index in [0.717, 1.165) is 43.0 Å². The number of primary amides is 1. The number of likely N-dealkylation sites (tertiary alicyclic amines) is 2. The zero-order chi connectivity index (χ0) is 18.4. The lowest BCUT2D eigenvalue weighted by Gasteiger charge is -2.33. The fourth-order valence-electron chi connectivity index (χ4n) is 4.38. The van der Waals surface area contributed by atoms with Crippen LogP contribution in [0.4, 0.5) is 4.79 Å². The molecule has 2 fully saturated rings. The molecule has 0 radical (unpaired) electrons. The Balaban J connectivity index is 1.23. The van der Waals surface area contributed by atoms with Gasteiger partial charge in [0, 0.05) is 38.1 Å². The molecule has 1 unspecified atom stereocenters. The highest BCUT2D eigenvalue weighted by Crippen LogP contribution is 2.31. The Hall–Kier alpha value is -2.44. The van der Waals surface area contributed by atoms with Crippen molar-refractivity contribution in [1.29, 1.82) is 0 Å². The van der Waals surface area contributed by atoms with Gasteiger partial charge in [0.05, 0.1) is 15.2 Å². The lowest BCUT2D eigenvalue weighted by molar-refractivity contribution is 0.137. The second-order valence-electron chi connectivity index (χ2n) is 7.53. The van der Waals surface area contributed by atoms with Crippen LogP contribution in [-0.4, -0.2) is 46.0 Å². The molecule has 6 heteroatoms. The van der Waals surface area contributed by atoms with Gasteiger partial charge in [-0.15, -0.1) is 11.3 Å². The van der Waals surface area contributed by atoms with E-state index in [1.54, 1.807) is 11.3 Å². The van der Waals surface area contributed by atoms with Crippen LogP contribution >= 0.6 is 11.3 Å². The zero-order valence-electron chi connectivity index (χ0n) is 15.0. The first-order chi connectivity index (χ1) is 13.2. The molecule has 2 N–H and O–H groups in total. The molecule has 3 aromatic rings. The fraction of sp³-hybridized carbons (Fsp3) is 0.333. The minimum Gasteiger partial charge on any atom is -0.351 e. The van der Waals surface area contributed by atoms with Crippen molar-refractivity contribution in [3.8, 4) is 0 Å². The number of piperazine rings is 1. The number of aromatic nitrogens is 1. The number of urea groups is 1. The average Bonchev–Trinajstić information content (AvgIpc) is 3.36. The number of hydrogen-bond acceptors (Lipinski definition) is 4. The third-order valence-corrected chi connectivity index (χ3v) is 6.78. The monoisotopic (exact) mass is 378 g/mol. The molecule has 0 saturated carbocycles. The first-order valence-electron chi connectivity index (χ1n) is 9.38. The number of benzene rings is 2. The number of nitrogens with two attached hydrogens (primary N) is 1.